The molecular weight excluding hydrogens is 202 g/mol. The topological polar surface area (TPSA) is 46.9 Å². The SMILES string of the molecule is Cc1cc(=O)n(CCC2CCCCN2)cn1. The van der Waals surface area contributed by atoms with Gasteiger partial charge in [0.15, 0.2) is 0 Å². The monoisotopic (exact) mass is 221 g/mol. The molecule has 1 fully saturated rings. The Labute approximate surface area is 95.7 Å². The van der Waals surface area contributed by atoms with Gasteiger partial charge < -0.3 is 5.32 Å². The van der Waals surface area contributed by atoms with Gasteiger partial charge in [0.05, 0.1) is 6.33 Å². The van der Waals surface area contributed by atoms with Crippen molar-refractivity contribution in [1.29, 1.82) is 0 Å². The van der Waals surface area contributed by atoms with Gasteiger partial charge in [0, 0.05) is 24.3 Å². The molecule has 2 rings (SSSR count). The molecule has 4 nitrogen and oxygen atoms in total. The Bertz CT molecular complexity index is 393. The van der Waals surface area contributed by atoms with Crippen LogP contribution in [-0.4, -0.2) is 22.1 Å². The van der Waals surface area contributed by atoms with Crippen molar-refractivity contribution in [3.63, 3.8) is 0 Å². The molecule has 1 atom stereocenters. The molecule has 0 aliphatic carbocycles. The van der Waals surface area contributed by atoms with Gasteiger partial charge >= 0.3 is 0 Å². The summed E-state index contributed by atoms with van der Waals surface area (Å²) < 4.78 is 1.70. The van der Waals surface area contributed by atoms with Crippen molar-refractivity contribution < 1.29 is 0 Å². The van der Waals surface area contributed by atoms with Crippen molar-refractivity contribution in [3.8, 4) is 0 Å². The Hall–Kier alpha value is -1.16. The molecule has 0 radical (unpaired) electrons. The summed E-state index contributed by atoms with van der Waals surface area (Å²) in [5, 5.41) is 3.48. The lowest BCUT2D eigenvalue weighted by atomic mass is 10.0. The van der Waals surface area contributed by atoms with Gasteiger partial charge in [-0.15, -0.1) is 0 Å². The standard InChI is InChI=1S/C12H19N3O/c1-10-8-12(16)15(9-14-10)7-5-11-4-2-3-6-13-11/h8-9,11,13H,2-7H2,1H3. The minimum atomic E-state index is 0.0586. The highest BCUT2D eigenvalue weighted by Crippen LogP contribution is 2.10. The molecule has 88 valence electrons. The fourth-order valence-electron chi connectivity index (χ4n) is 2.15. The van der Waals surface area contributed by atoms with Crippen LogP contribution in [0.2, 0.25) is 0 Å². The van der Waals surface area contributed by atoms with Gasteiger partial charge in [-0.05, 0) is 32.7 Å². The van der Waals surface area contributed by atoms with Crippen molar-refractivity contribution in [2.75, 3.05) is 6.54 Å². The van der Waals surface area contributed by atoms with Crippen LogP contribution in [0.3, 0.4) is 0 Å². The van der Waals surface area contributed by atoms with E-state index in [1.807, 2.05) is 6.92 Å². The van der Waals surface area contributed by atoms with Gasteiger partial charge in [0.1, 0.15) is 0 Å². The molecule has 1 aliphatic rings. The Morgan fingerprint density at radius 1 is 1.56 bits per heavy atom. The van der Waals surface area contributed by atoms with Crippen LogP contribution in [0.25, 0.3) is 0 Å². The van der Waals surface area contributed by atoms with E-state index in [4.69, 9.17) is 0 Å². The van der Waals surface area contributed by atoms with Crippen LogP contribution in [0.15, 0.2) is 17.2 Å². The molecule has 2 heterocycles. The van der Waals surface area contributed by atoms with Crippen molar-refractivity contribution in [2.24, 2.45) is 0 Å². The molecule has 0 saturated carbocycles. The van der Waals surface area contributed by atoms with Crippen molar-refractivity contribution in [3.05, 3.63) is 28.4 Å². The Balaban J connectivity index is 1.91. The lowest BCUT2D eigenvalue weighted by molar-refractivity contribution is 0.364. The molecule has 0 bridgehead atoms. The first-order chi connectivity index (χ1) is 7.75. The first-order valence-electron chi connectivity index (χ1n) is 6.02. The number of rotatable bonds is 3. The van der Waals surface area contributed by atoms with E-state index in [1.165, 1.54) is 19.3 Å². The van der Waals surface area contributed by atoms with Crippen LogP contribution in [0, 0.1) is 6.92 Å². The van der Waals surface area contributed by atoms with Gasteiger partial charge in [-0.1, -0.05) is 6.42 Å². The van der Waals surface area contributed by atoms with Crippen LogP contribution < -0.4 is 10.9 Å². The van der Waals surface area contributed by atoms with Crippen LogP contribution in [0.4, 0.5) is 0 Å². The molecule has 0 aromatic carbocycles. The maximum absolute atomic E-state index is 11.6. The number of aryl methyl sites for hydroxylation is 2. The van der Waals surface area contributed by atoms with Gasteiger partial charge in [0.25, 0.3) is 5.56 Å². The normalized spacial score (nSPS) is 20.9. The fourth-order valence-corrected chi connectivity index (χ4v) is 2.15. The maximum Gasteiger partial charge on any atom is 0.253 e. The summed E-state index contributed by atoms with van der Waals surface area (Å²) in [6.07, 6.45) is 6.49. The number of nitrogens with one attached hydrogen (secondary N) is 1. The maximum atomic E-state index is 11.6. The van der Waals surface area contributed by atoms with E-state index in [1.54, 1.807) is 17.0 Å². The predicted molar refractivity (Wildman–Crippen MR) is 63.5 cm³/mol. The van der Waals surface area contributed by atoms with E-state index in [-0.39, 0.29) is 5.56 Å². The van der Waals surface area contributed by atoms with Gasteiger partial charge in [-0.2, -0.15) is 0 Å². The number of piperidine rings is 1. The highest BCUT2D eigenvalue weighted by atomic mass is 16.1. The summed E-state index contributed by atoms with van der Waals surface area (Å²) in [6.45, 7) is 3.73. The van der Waals surface area contributed by atoms with E-state index >= 15 is 0 Å². The minimum absolute atomic E-state index is 0.0586. The highest BCUT2D eigenvalue weighted by molar-refractivity contribution is 4.96. The second-order valence-corrected chi connectivity index (χ2v) is 4.50. The van der Waals surface area contributed by atoms with E-state index in [0.29, 0.717) is 6.04 Å². The van der Waals surface area contributed by atoms with Crippen LogP contribution in [-0.2, 0) is 6.54 Å². The molecule has 1 aromatic rings. The number of hydrogen-bond donors (Lipinski definition) is 1. The third kappa shape index (κ3) is 2.92. The molecule has 1 aromatic heterocycles. The predicted octanol–water partition coefficient (Wildman–Crippen LogP) is 1.08. The van der Waals surface area contributed by atoms with E-state index in [9.17, 15) is 4.79 Å². The fraction of sp³-hybridized carbons (Fsp3) is 0.667. The molecule has 0 spiro atoms. The third-order valence-corrected chi connectivity index (χ3v) is 3.15. The average molecular weight is 221 g/mol. The molecule has 1 saturated heterocycles. The Morgan fingerprint density at radius 2 is 2.44 bits per heavy atom. The first-order valence-corrected chi connectivity index (χ1v) is 6.02. The zero-order chi connectivity index (χ0) is 11.4. The zero-order valence-corrected chi connectivity index (χ0v) is 9.78. The quantitative estimate of drug-likeness (QED) is 0.831. The molecule has 4 heteroatoms. The van der Waals surface area contributed by atoms with Crippen molar-refractivity contribution in [1.82, 2.24) is 14.9 Å². The second-order valence-electron chi connectivity index (χ2n) is 4.50. The average Bonchev–Trinajstić information content (AvgIpc) is 2.29. The smallest absolute Gasteiger partial charge is 0.253 e. The molecule has 0 amide bonds. The van der Waals surface area contributed by atoms with E-state index in [2.05, 4.69) is 10.3 Å². The Kier molecular flexibility index (Phi) is 3.72. The summed E-state index contributed by atoms with van der Waals surface area (Å²) in [5.74, 6) is 0. The lowest BCUT2D eigenvalue weighted by Gasteiger charge is -2.23. The highest BCUT2D eigenvalue weighted by Gasteiger charge is 2.12. The largest absolute Gasteiger partial charge is 0.314 e. The van der Waals surface area contributed by atoms with Crippen molar-refractivity contribution >= 4 is 0 Å². The van der Waals surface area contributed by atoms with Gasteiger partial charge in [0.2, 0.25) is 0 Å². The van der Waals surface area contributed by atoms with Gasteiger partial charge in [-0.25, -0.2) is 4.98 Å². The third-order valence-electron chi connectivity index (χ3n) is 3.15. The summed E-state index contributed by atoms with van der Waals surface area (Å²) in [7, 11) is 0. The summed E-state index contributed by atoms with van der Waals surface area (Å²) in [5.41, 5.74) is 0.848. The molecule has 1 unspecified atom stereocenters. The summed E-state index contributed by atoms with van der Waals surface area (Å²) in [6, 6.07) is 2.16. The molecule has 1 N–H and O–H groups in total. The molecular formula is C12H19N3O. The first kappa shape index (κ1) is 11.3. The number of nitrogens with zero attached hydrogens (tertiary/aromatic N) is 2. The van der Waals surface area contributed by atoms with Crippen LogP contribution in [0.5, 0.6) is 0 Å². The number of hydrogen-bond acceptors (Lipinski definition) is 3. The van der Waals surface area contributed by atoms with E-state index < -0.39 is 0 Å². The minimum Gasteiger partial charge on any atom is -0.314 e. The second kappa shape index (κ2) is 5.25. The molecule has 16 heavy (non-hydrogen) atoms. The molecule has 1 aliphatic heterocycles. The summed E-state index contributed by atoms with van der Waals surface area (Å²) in [4.78, 5) is 15.8. The number of aromatic nitrogens is 2. The van der Waals surface area contributed by atoms with E-state index in [0.717, 1.165) is 25.2 Å². The lowest BCUT2D eigenvalue weighted by Crippen LogP contribution is -2.35. The zero-order valence-electron chi connectivity index (χ0n) is 9.78. The van der Waals surface area contributed by atoms with Crippen LogP contribution >= 0.6 is 0 Å². The Morgan fingerprint density at radius 3 is 3.12 bits per heavy atom. The van der Waals surface area contributed by atoms with Gasteiger partial charge in [-0.3, -0.25) is 9.36 Å². The van der Waals surface area contributed by atoms with Crippen LogP contribution in [0.1, 0.15) is 31.4 Å². The van der Waals surface area contributed by atoms with Crippen molar-refractivity contribution in [2.45, 2.75) is 45.2 Å². The summed E-state index contributed by atoms with van der Waals surface area (Å²) >= 11 is 0.